The van der Waals surface area contributed by atoms with Gasteiger partial charge in [0.15, 0.2) is 0 Å². The monoisotopic (exact) mass is 774 g/mol. The van der Waals surface area contributed by atoms with Gasteiger partial charge in [-0.2, -0.15) is 0 Å². The normalized spacial score (nSPS) is 15.9. The molecule has 0 saturated carbocycles. The first-order chi connectivity index (χ1) is 29.1. The van der Waals surface area contributed by atoms with Crippen LogP contribution in [0, 0.1) is 0 Å². The standard InChI is InChI=1S/C55H58N4/c1-45(49-14-6-2-7-15-49)59-40-38-57(43-47-24-30-54(31-25-47)51-18-10-4-11-19-51)36-34-56(42-46-22-28-53(29-23-46)50-16-8-3-9-17-50)35-37-58(39-41-59)44-48-26-32-55(33-27-48)52-20-12-5-13-21-52/h2-33,45H,34-44H2,1H3/t45-/m1/s1. The fourth-order valence-electron chi connectivity index (χ4n) is 8.43. The van der Waals surface area contributed by atoms with Crippen molar-refractivity contribution in [1.29, 1.82) is 0 Å². The Morgan fingerprint density at radius 1 is 0.305 bits per heavy atom. The predicted molar refractivity (Wildman–Crippen MR) is 248 cm³/mol. The van der Waals surface area contributed by atoms with Gasteiger partial charge in [0.05, 0.1) is 0 Å². The van der Waals surface area contributed by atoms with Crippen molar-refractivity contribution in [2.75, 3.05) is 52.4 Å². The van der Waals surface area contributed by atoms with Crippen LogP contribution in [-0.2, 0) is 19.6 Å². The molecule has 7 aromatic carbocycles. The molecule has 4 heteroatoms. The highest BCUT2D eigenvalue weighted by Gasteiger charge is 2.21. The summed E-state index contributed by atoms with van der Waals surface area (Å²) in [6.45, 7) is 13.3. The highest BCUT2D eigenvalue weighted by molar-refractivity contribution is 5.65. The number of hydrogen-bond donors (Lipinski definition) is 0. The topological polar surface area (TPSA) is 13.0 Å². The summed E-state index contributed by atoms with van der Waals surface area (Å²) < 4.78 is 0. The summed E-state index contributed by atoms with van der Waals surface area (Å²) >= 11 is 0. The highest BCUT2D eigenvalue weighted by atomic mass is 15.3. The molecule has 0 unspecified atom stereocenters. The van der Waals surface area contributed by atoms with E-state index in [0.29, 0.717) is 6.04 Å². The van der Waals surface area contributed by atoms with Crippen LogP contribution < -0.4 is 0 Å². The van der Waals surface area contributed by atoms with Crippen LogP contribution in [0.15, 0.2) is 194 Å². The van der Waals surface area contributed by atoms with Crippen LogP contribution in [0.5, 0.6) is 0 Å². The zero-order valence-corrected chi connectivity index (χ0v) is 34.6. The molecule has 1 heterocycles. The molecule has 1 saturated heterocycles. The van der Waals surface area contributed by atoms with Gasteiger partial charge in [0, 0.05) is 78.0 Å². The Hall–Kier alpha value is -5.62. The van der Waals surface area contributed by atoms with Gasteiger partial charge in [-0.25, -0.2) is 0 Å². The lowest BCUT2D eigenvalue weighted by molar-refractivity contribution is 0.108. The summed E-state index contributed by atoms with van der Waals surface area (Å²) in [6.07, 6.45) is 0. The fraction of sp³-hybridized carbons (Fsp3) is 0.236. The van der Waals surface area contributed by atoms with E-state index in [1.54, 1.807) is 0 Å². The Kier molecular flexibility index (Phi) is 13.9. The molecule has 298 valence electrons. The lowest BCUT2D eigenvalue weighted by Gasteiger charge is -2.37. The van der Waals surface area contributed by atoms with E-state index in [4.69, 9.17) is 0 Å². The van der Waals surface area contributed by atoms with Crippen molar-refractivity contribution in [2.45, 2.75) is 32.6 Å². The molecule has 0 bridgehead atoms. The number of hydrogen-bond acceptors (Lipinski definition) is 4. The minimum atomic E-state index is 0.327. The summed E-state index contributed by atoms with van der Waals surface area (Å²) in [5, 5.41) is 0. The Balaban J connectivity index is 1.03. The van der Waals surface area contributed by atoms with Crippen LogP contribution in [0.25, 0.3) is 33.4 Å². The molecular weight excluding hydrogens is 717 g/mol. The van der Waals surface area contributed by atoms with Crippen molar-refractivity contribution in [3.05, 3.63) is 216 Å². The summed E-state index contributed by atoms with van der Waals surface area (Å²) in [7, 11) is 0. The summed E-state index contributed by atoms with van der Waals surface area (Å²) in [5.74, 6) is 0. The molecule has 0 N–H and O–H groups in total. The quantitative estimate of drug-likeness (QED) is 0.130. The van der Waals surface area contributed by atoms with E-state index >= 15 is 0 Å². The molecular formula is C55H58N4. The molecule has 7 aromatic rings. The molecule has 0 radical (unpaired) electrons. The van der Waals surface area contributed by atoms with E-state index in [1.165, 1.54) is 55.6 Å². The smallest absolute Gasteiger partial charge is 0.0320 e. The van der Waals surface area contributed by atoms with Crippen molar-refractivity contribution in [3.8, 4) is 33.4 Å². The second kappa shape index (κ2) is 20.4. The van der Waals surface area contributed by atoms with E-state index in [0.717, 1.165) is 72.0 Å². The van der Waals surface area contributed by atoms with E-state index in [1.807, 2.05) is 0 Å². The number of benzene rings is 7. The minimum absolute atomic E-state index is 0.327. The van der Waals surface area contributed by atoms with Crippen molar-refractivity contribution < 1.29 is 0 Å². The van der Waals surface area contributed by atoms with E-state index in [-0.39, 0.29) is 0 Å². The van der Waals surface area contributed by atoms with Crippen LogP contribution in [-0.4, -0.2) is 72.0 Å². The highest BCUT2D eigenvalue weighted by Crippen LogP contribution is 2.25. The molecule has 0 spiro atoms. The summed E-state index contributed by atoms with van der Waals surface area (Å²) in [4.78, 5) is 10.8. The average Bonchev–Trinajstić information content (AvgIpc) is 3.30. The summed E-state index contributed by atoms with van der Waals surface area (Å²) in [5.41, 5.74) is 13.1. The summed E-state index contributed by atoms with van der Waals surface area (Å²) in [6, 6.07) is 71.3. The van der Waals surface area contributed by atoms with Crippen molar-refractivity contribution in [2.24, 2.45) is 0 Å². The minimum Gasteiger partial charge on any atom is -0.297 e. The first-order valence-corrected chi connectivity index (χ1v) is 21.5. The number of rotatable bonds is 11. The van der Waals surface area contributed by atoms with E-state index in [9.17, 15) is 0 Å². The van der Waals surface area contributed by atoms with Crippen LogP contribution in [0.4, 0.5) is 0 Å². The van der Waals surface area contributed by atoms with Crippen LogP contribution in [0.2, 0.25) is 0 Å². The Morgan fingerprint density at radius 2 is 0.559 bits per heavy atom. The fourth-order valence-corrected chi connectivity index (χ4v) is 8.43. The Bertz CT molecular complexity index is 2160. The third kappa shape index (κ3) is 11.3. The molecule has 0 aliphatic carbocycles. The van der Waals surface area contributed by atoms with Gasteiger partial charge in [-0.15, -0.1) is 0 Å². The SMILES string of the molecule is C[C@H](c1ccccc1)N1CCN(Cc2ccc(-c3ccccc3)cc2)CCN(Cc2ccc(-c3ccccc3)cc2)CCN(Cc2ccc(-c3ccccc3)cc2)CC1. The second-order valence-corrected chi connectivity index (χ2v) is 16.1. The number of nitrogens with zero attached hydrogens (tertiary/aromatic N) is 4. The van der Waals surface area contributed by atoms with Crippen molar-refractivity contribution in [3.63, 3.8) is 0 Å². The molecule has 1 fully saturated rings. The molecule has 59 heavy (non-hydrogen) atoms. The van der Waals surface area contributed by atoms with Gasteiger partial charge in [0.25, 0.3) is 0 Å². The Morgan fingerprint density at radius 3 is 0.864 bits per heavy atom. The maximum atomic E-state index is 2.72. The van der Waals surface area contributed by atoms with Crippen LogP contribution in [0.1, 0.15) is 35.2 Å². The van der Waals surface area contributed by atoms with Crippen LogP contribution in [0.3, 0.4) is 0 Å². The third-order valence-electron chi connectivity index (χ3n) is 12.1. The van der Waals surface area contributed by atoms with Gasteiger partial charge in [0.1, 0.15) is 0 Å². The average molecular weight is 775 g/mol. The van der Waals surface area contributed by atoms with Crippen molar-refractivity contribution in [1.82, 2.24) is 19.6 Å². The van der Waals surface area contributed by atoms with E-state index in [2.05, 4.69) is 221 Å². The predicted octanol–water partition coefficient (Wildman–Crippen LogP) is 11.6. The first-order valence-electron chi connectivity index (χ1n) is 21.5. The lowest BCUT2D eigenvalue weighted by atomic mass is 10.0. The molecule has 1 aliphatic rings. The molecule has 4 nitrogen and oxygen atoms in total. The lowest BCUT2D eigenvalue weighted by Crippen LogP contribution is -2.46. The third-order valence-corrected chi connectivity index (χ3v) is 12.1. The second-order valence-electron chi connectivity index (χ2n) is 16.1. The van der Waals surface area contributed by atoms with Gasteiger partial charge in [0.2, 0.25) is 0 Å². The van der Waals surface area contributed by atoms with Gasteiger partial charge >= 0.3 is 0 Å². The molecule has 8 rings (SSSR count). The van der Waals surface area contributed by atoms with Gasteiger partial charge in [-0.1, -0.05) is 194 Å². The molecule has 1 atom stereocenters. The van der Waals surface area contributed by atoms with E-state index < -0.39 is 0 Å². The van der Waals surface area contributed by atoms with Gasteiger partial charge < -0.3 is 0 Å². The maximum absolute atomic E-state index is 2.72. The van der Waals surface area contributed by atoms with Gasteiger partial charge in [-0.3, -0.25) is 19.6 Å². The molecule has 0 amide bonds. The zero-order valence-electron chi connectivity index (χ0n) is 34.6. The largest absolute Gasteiger partial charge is 0.297 e. The maximum Gasteiger partial charge on any atom is 0.0320 e. The molecule has 1 aliphatic heterocycles. The van der Waals surface area contributed by atoms with Crippen LogP contribution >= 0.6 is 0 Å². The first kappa shape index (κ1) is 40.2. The zero-order chi connectivity index (χ0) is 40.1. The Labute approximate surface area is 353 Å². The van der Waals surface area contributed by atoms with Crippen molar-refractivity contribution >= 4 is 0 Å². The van der Waals surface area contributed by atoms with Gasteiger partial charge in [-0.05, 0) is 62.6 Å². The molecule has 0 aromatic heterocycles.